The van der Waals surface area contributed by atoms with Crippen molar-refractivity contribution in [1.82, 2.24) is 4.98 Å². The number of amides is 1. The molecule has 4 nitrogen and oxygen atoms in total. The Hall–Kier alpha value is -1.79. The zero-order valence-corrected chi connectivity index (χ0v) is 11.0. The Morgan fingerprint density at radius 2 is 2.32 bits per heavy atom. The maximum atomic E-state index is 13.0. The van der Waals surface area contributed by atoms with Gasteiger partial charge in [0.15, 0.2) is 5.13 Å². The molecule has 2 aromatic rings. The summed E-state index contributed by atoms with van der Waals surface area (Å²) < 4.78 is 13.0. The van der Waals surface area contributed by atoms with E-state index >= 15 is 0 Å². The molecule has 0 bridgehead atoms. The number of rotatable bonds is 5. The highest BCUT2D eigenvalue weighted by atomic mass is 32.1. The number of thiazole rings is 1. The van der Waals surface area contributed by atoms with E-state index in [0.29, 0.717) is 18.1 Å². The molecule has 3 N–H and O–H groups in total. The summed E-state index contributed by atoms with van der Waals surface area (Å²) in [6.45, 7) is 0.313. The number of nitrogens with zero attached hydrogens (tertiary/aromatic N) is 1. The highest BCUT2D eigenvalue weighted by molar-refractivity contribution is 7.13. The van der Waals surface area contributed by atoms with Crippen molar-refractivity contribution in [1.29, 1.82) is 0 Å². The van der Waals surface area contributed by atoms with Crippen LogP contribution in [-0.2, 0) is 11.2 Å². The molecule has 0 spiro atoms. The van der Waals surface area contributed by atoms with Crippen molar-refractivity contribution in [3.8, 4) is 0 Å². The van der Waals surface area contributed by atoms with Crippen LogP contribution in [0.25, 0.3) is 0 Å². The lowest BCUT2D eigenvalue weighted by Gasteiger charge is -1.99. The summed E-state index contributed by atoms with van der Waals surface area (Å²) in [6.07, 6.45) is 0.819. The van der Waals surface area contributed by atoms with Crippen molar-refractivity contribution in [3.63, 3.8) is 0 Å². The van der Waals surface area contributed by atoms with Crippen molar-refractivity contribution in [2.75, 3.05) is 11.9 Å². The van der Waals surface area contributed by atoms with E-state index in [4.69, 9.17) is 5.73 Å². The van der Waals surface area contributed by atoms with E-state index in [2.05, 4.69) is 10.3 Å². The van der Waals surface area contributed by atoms with Crippen molar-refractivity contribution in [2.45, 2.75) is 12.8 Å². The van der Waals surface area contributed by atoms with Gasteiger partial charge in [-0.15, -0.1) is 11.3 Å². The number of aromatic nitrogens is 1. The highest BCUT2D eigenvalue weighted by Gasteiger charge is 2.06. The molecule has 6 heteroatoms. The number of halogens is 1. The topological polar surface area (TPSA) is 68.0 Å². The number of carbonyl (C=O) groups excluding carboxylic acids is 1. The second-order valence-electron chi connectivity index (χ2n) is 4.04. The predicted octanol–water partition coefficient (Wildman–Crippen LogP) is 2.16. The zero-order valence-electron chi connectivity index (χ0n) is 10.2. The molecule has 0 aliphatic heterocycles. The minimum Gasteiger partial charge on any atom is -0.330 e. The van der Waals surface area contributed by atoms with Crippen LogP contribution >= 0.6 is 11.3 Å². The molecule has 0 aliphatic carbocycles. The summed E-state index contributed by atoms with van der Waals surface area (Å²) in [4.78, 5) is 15.6. The summed E-state index contributed by atoms with van der Waals surface area (Å²) in [5.74, 6) is -0.404. The van der Waals surface area contributed by atoms with Gasteiger partial charge in [0.25, 0.3) is 0 Å². The minimum atomic E-state index is -0.260. The summed E-state index contributed by atoms with van der Waals surface area (Å²) in [6, 6.07) is 6.39. The van der Waals surface area contributed by atoms with E-state index in [1.165, 1.54) is 23.5 Å². The highest BCUT2D eigenvalue weighted by Crippen LogP contribution is 2.18. The standard InChI is InChI=1S/C13H14FN3OS/c14-10-3-1-2-9(6-10)7-11-8-19-13(16-11)17-12(18)4-5-15/h1-3,6,8H,4-5,7,15H2,(H,16,17,18). The van der Waals surface area contributed by atoms with Gasteiger partial charge in [-0.25, -0.2) is 9.37 Å². The molecule has 0 saturated heterocycles. The molecule has 0 saturated carbocycles. The van der Waals surface area contributed by atoms with Crippen LogP contribution in [0.1, 0.15) is 17.7 Å². The summed E-state index contributed by atoms with van der Waals surface area (Å²) in [7, 11) is 0. The molecule has 1 amide bonds. The van der Waals surface area contributed by atoms with Gasteiger partial charge in [-0.05, 0) is 17.7 Å². The van der Waals surface area contributed by atoms with E-state index in [0.717, 1.165) is 11.3 Å². The monoisotopic (exact) mass is 279 g/mol. The third-order valence-corrected chi connectivity index (χ3v) is 3.25. The smallest absolute Gasteiger partial charge is 0.227 e. The van der Waals surface area contributed by atoms with E-state index in [9.17, 15) is 9.18 Å². The number of nitrogens with one attached hydrogen (secondary N) is 1. The number of benzene rings is 1. The quantitative estimate of drug-likeness (QED) is 0.881. The van der Waals surface area contributed by atoms with E-state index in [1.807, 2.05) is 11.4 Å². The Labute approximate surface area is 114 Å². The van der Waals surface area contributed by atoms with E-state index in [-0.39, 0.29) is 18.1 Å². The normalized spacial score (nSPS) is 10.4. The molecule has 0 unspecified atom stereocenters. The first-order valence-electron chi connectivity index (χ1n) is 5.86. The van der Waals surface area contributed by atoms with Gasteiger partial charge < -0.3 is 11.1 Å². The Balaban J connectivity index is 1.99. The molecule has 1 aromatic carbocycles. The van der Waals surface area contributed by atoms with Gasteiger partial charge in [-0.1, -0.05) is 12.1 Å². The molecule has 0 fully saturated rings. The number of nitrogens with two attached hydrogens (primary N) is 1. The van der Waals surface area contributed by atoms with Gasteiger partial charge >= 0.3 is 0 Å². The van der Waals surface area contributed by atoms with Gasteiger partial charge in [0.2, 0.25) is 5.91 Å². The molecule has 2 rings (SSSR count). The molecular formula is C13H14FN3OS. The SMILES string of the molecule is NCCC(=O)Nc1nc(Cc2cccc(F)c2)cs1. The number of hydrogen-bond donors (Lipinski definition) is 2. The van der Waals surface area contributed by atoms with Crippen molar-refractivity contribution >= 4 is 22.4 Å². The number of carbonyl (C=O) groups is 1. The van der Waals surface area contributed by atoms with Crippen LogP contribution in [0.3, 0.4) is 0 Å². The maximum Gasteiger partial charge on any atom is 0.227 e. The molecule has 0 aliphatic rings. The minimum absolute atomic E-state index is 0.144. The van der Waals surface area contributed by atoms with Gasteiger partial charge in [0.1, 0.15) is 5.82 Å². The molecular weight excluding hydrogens is 265 g/mol. The summed E-state index contributed by atoms with van der Waals surface area (Å²) in [5, 5.41) is 5.07. The van der Waals surface area contributed by atoms with Gasteiger partial charge in [0.05, 0.1) is 5.69 Å². The lowest BCUT2D eigenvalue weighted by molar-refractivity contribution is -0.116. The van der Waals surface area contributed by atoms with Crippen LogP contribution in [0.5, 0.6) is 0 Å². The Morgan fingerprint density at radius 1 is 1.47 bits per heavy atom. The summed E-state index contributed by atoms with van der Waals surface area (Å²) >= 11 is 1.35. The fraction of sp³-hybridized carbons (Fsp3) is 0.231. The fourth-order valence-electron chi connectivity index (χ4n) is 1.61. The second kappa shape index (κ2) is 6.40. The van der Waals surface area contributed by atoms with E-state index < -0.39 is 0 Å². The van der Waals surface area contributed by atoms with Gasteiger partial charge in [-0.3, -0.25) is 4.79 Å². The summed E-state index contributed by atoms with van der Waals surface area (Å²) in [5.41, 5.74) is 6.95. The van der Waals surface area contributed by atoms with Crippen LogP contribution in [0.4, 0.5) is 9.52 Å². The van der Waals surface area contributed by atoms with Crippen LogP contribution < -0.4 is 11.1 Å². The van der Waals surface area contributed by atoms with Gasteiger partial charge in [-0.2, -0.15) is 0 Å². The average Bonchev–Trinajstić information content (AvgIpc) is 2.76. The Bertz CT molecular complexity index is 571. The van der Waals surface area contributed by atoms with Crippen molar-refractivity contribution in [2.24, 2.45) is 5.73 Å². The van der Waals surface area contributed by atoms with Gasteiger partial charge in [0, 0.05) is 24.8 Å². The molecule has 100 valence electrons. The van der Waals surface area contributed by atoms with Crippen LogP contribution in [-0.4, -0.2) is 17.4 Å². The first-order chi connectivity index (χ1) is 9.17. The fourth-order valence-corrected chi connectivity index (χ4v) is 2.34. The second-order valence-corrected chi connectivity index (χ2v) is 4.90. The third kappa shape index (κ3) is 4.11. The lowest BCUT2D eigenvalue weighted by atomic mass is 10.1. The van der Waals surface area contributed by atoms with Crippen molar-refractivity contribution in [3.05, 3.63) is 46.7 Å². The van der Waals surface area contributed by atoms with Crippen LogP contribution in [0.2, 0.25) is 0 Å². The zero-order chi connectivity index (χ0) is 13.7. The van der Waals surface area contributed by atoms with E-state index in [1.54, 1.807) is 6.07 Å². The predicted molar refractivity (Wildman–Crippen MR) is 73.6 cm³/mol. The molecule has 1 heterocycles. The number of anilines is 1. The molecule has 19 heavy (non-hydrogen) atoms. The number of hydrogen-bond acceptors (Lipinski definition) is 4. The van der Waals surface area contributed by atoms with Crippen LogP contribution in [0.15, 0.2) is 29.6 Å². The Morgan fingerprint density at radius 3 is 3.05 bits per heavy atom. The third-order valence-electron chi connectivity index (χ3n) is 2.44. The molecule has 1 aromatic heterocycles. The molecule has 0 radical (unpaired) electrons. The molecule has 0 atom stereocenters. The maximum absolute atomic E-state index is 13.0. The first-order valence-corrected chi connectivity index (χ1v) is 6.74. The lowest BCUT2D eigenvalue weighted by Crippen LogP contribution is -2.16. The first kappa shape index (κ1) is 13.6. The van der Waals surface area contributed by atoms with Crippen LogP contribution in [0, 0.1) is 5.82 Å². The van der Waals surface area contributed by atoms with Crippen molar-refractivity contribution < 1.29 is 9.18 Å². The Kier molecular flexibility index (Phi) is 4.59. The average molecular weight is 279 g/mol. The largest absolute Gasteiger partial charge is 0.330 e.